The highest BCUT2D eigenvalue weighted by Gasteiger charge is 2.51. The Morgan fingerprint density at radius 1 is 1.46 bits per heavy atom. The molecular formula is C18H25F3N2O5. The van der Waals surface area contributed by atoms with Gasteiger partial charge in [0.1, 0.15) is 5.76 Å². The number of aromatic nitrogens is 1. The van der Waals surface area contributed by atoms with Crippen LogP contribution in [0.4, 0.5) is 13.2 Å². The van der Waals surface area contributed by atoms with Gasteiger partial charge in [-0.1, -0.05) is 5.16 Å². The summed E-state index contributed by atoms with van der Waals surface area (Å²) in [7, 11) is 0. The summed E-state index contributed by atoms with van der Waals surface area (Å²) in [4.78, 5) is 11.4. The van der Waals surface area contributed by atoms with Crippen molar-refractivity contribution >= 4 is 5.97 Å². The zero-order valence-electron chi connectivity index (χ0n) is 15.7. The molecule has 2 saturated heterocycles. The first-order chi connectivity index (χ1) is 13.2. The third kappa shape index (κ3) is 5.45. The van der Waals surface area contributed by atoms with E-state index in [1.165, 1.54) is 12.8 Å². The maximum Gasteiger partial charge on any atom is 0.490 e. The number of carbonyl (C=O) groups is 1. The highest BCUT2D eigenvalue weighted by molar-refractivity contribution is 5.73. The van der Waals surface area contributed by atoms with Gasteiger partial charge in [0.2, 0.25) is 0 Å². The molecule has 2 atom stereocenters. The SMILES string of the molecule is Cc1cc(CN2C[C@@H]3COC[C@]3(COCC3CC3)C2)no1.O=C(O)C(F)(F)F. The number of carboxylic acids is 1. The number of likely N-dealkylation sites (tertiary alicyclic amines) is 1. The lowest BCUT2D eigenvalue weighted by atomic mass is 9.82. The molecular weight excluding hydrogens is 381 g/mol. The van der Waals surface area contributed by atoms with Crippen LogP contribution in [0.2, 0.25) is 0 Å². The molecule has 2 aliphatic heterocycles. The second kappa shape index (κ2) is 8.38. The van der Waals surface area contributed by atoms with Gasteiger partial charge in [-0.15, -0.1) is 0 Å². The minimum atomic E-state index is -5.08. The fourth-order valence-electron chi connectivity index (χ4n) is 3.70. The van der Waals surface area contributed by atoms with Crippen molar-refractivity contribution in [2.24, 2.45) is 17.3 Å². The van der Waals surface area contributed by atoms with Crippen LogP contribution in [0.15, 0.2) is 10.6 Å². The Bertz CT molecular complexity index is 676. The Balaban J connectivity index is 0.000000279. The number of alkyl halides is 3. The molecule has 0 radical (unpaired) electrons. The predicted octanol–water partition coefficient (Wildman–Crippen LogP) is 2.49. The third-order valence-corrected chi connectivity index (χ3v) is 5.34. The molecule has 3 aliphatic rings. The molecule has 1 saturated carbocycles. The van der Waals surface area contributed by atoms with E-state index in [-0.39, 0.29) is 5.41 Å². The summed E-state index contributed by atoms with van der Waals surface area (Å²) in [5.41, 5.74) is 1.23. The number of halogens is 3. The summed E-state index contributed by atoms with van der Waals surface area (Å²) >= 11 is 0. The number of aliphatic carboxylic acids is 1. The van der Waals surface area contributed by atoms with Gasteiger partial charge in [-0.25, -0.2) is 4.79 Å². The van der Waals surface area contributed by atoms with Crippen molar-refractivity contribution < 1.29 is 37.1 Å². The Morgan fingerprint density at radius 3 is 2.75 bits per heavy atom. The highest BCUT2D eigenvalue weighted by Crippen LogP contribution is 2.42. The molecule has 0 bridgehead atoms. The molecule has 4 rings (SSSR count). The highest BCUT2D eigenvalue weighted by atomic mass is 19.4. The molecule has 0 aromatic carbocycles. The van der Waals surface area contributed by atoms with E-state index in [0.29, 0.717) is 5.92 Å². The standard InChI is InChI=1S/C16H24N2O3.C2HF3O2/c1-12-4-15(17-21-12)6-18-5-14-8-20-11-16(14,9-18)10-19-7-13-2-3-13;3-2(4,5)1(6)7/h4,13-14H,2-3,5-11H2,1H3;(H,6,7)/t14-,16-;/m1./s1. The lowest BCUT2D eigenvalue weighted by Gasteiger charge is -2.27. The molecule has 10 heteroatoms. The molecule has 3 fully saturated rings. The Labute approximate surface area is 160 Å². The van der Waals surface area contributed by atoms with Crippen molar-refractivity contribution in [2.45, 2.75) is 32.5 Å². The van der Waals surface area contributed by atoms with Crippen LogP contribution >= 0.6 is 0 Å². The van der Waals surface area contributed by atoms with Crippen LogP contribution in [-0.4, -0.2) is 66.8 Å². The van der Waals surface area contributed by atoms with Gasteiger partial charge in [-0.2, -0.15) is 13.2 Å². The summed E-state index contributed by atoms with van der Waals surface area (Å²) in [6, 6.07) is 2.03. The smallest absolute Gasteiger partial charge is 0.475 e. The van der Waals surface area contributed by atoms with E-state index in [4.69, 9.17) is 23.9 Å². The average Bonchev–Trinajstić information content (AvgIpc) is 3.05. The summed E-state index contributed by atoms with van der Waals surface area (Å²) in [5, 5.41) is 11.2. The first-order valence-corrected chi connectivity index (χ1v) is 9.28. The van der Waals surface area contributed by atoms with Gasteiger partial charge >= 0.3 is 12.1 Å². The predicted molar refractivity (Wildman–Crippen MR) is 90.5 cm³/mol. The topological polar surface area (TPSA) is 85.0 Å². The number of ether oxygens (including phenoxy) is 2. The van der Waals surface area contributed by atoms with Gasteiger partial charge in [0.15, 0.2) is 0 Å². The zero-order valence-corrected chi connectivity index (χ0v) is 15.7. The van der Waals surface area contributed by atoms with E-state index >= 15 is 0 Å². The fourth-order valence-corrected chi connectivity index (χ4v) is 3.70. The normalized spacial score (nSPS) is 27.4. The lowest BCUT2D eigenvalue weighted by Crippen LogP contribution is -2.36. The Morgan fingerprint density at radius 2 is 2.18 bits per heavy atom. The number of hydrogen-bond acceptors (Lipinski definition) is 6. The monoisotopic (exact) mass is 406 g/mol. The number of nitrogens with zero attached hydrogens (tertiary/aromatic N) is 2. The molecule has 0 spiro atoms. The molecule has 1 aromatic heterocycles. The molecule has 0 unspecified atom stereocenters. The minimum Gasteiger partial charge on any atom is -0.475 e. The van der Waals surface area contributed by atoms with Gasteiger partial charge in [0.25, 0.3) is 0 Å². The first kappa shape index (κ1) is 21.1. The van der Waals surface area contributed by atoms with E-state index in [2.05, 4.69) is 10.1 Å². The van der Waals surface area contributed by atoms with Crippen LogP contribution in [0.25, 0.3) is 0 Å². The maximum absolute atomic E-state index is 10.6. The number of aryl methyl sites for hydroxylation is 1. The molecule has 158 valence electrons. The van der Waals surface area contributed by atoms with Crippen molar-refractivity contribution in [3.05, 3.63) is 17.5 Å². The lowest BCUT2D eigenvalue weighted by molar-refractivity contribution is -0.192. The van der Waals surface area contributed by atoms with E-state index < -0.39 is 12.1 Å². The second-order valence-electron chi connectivity index (χ2n) is 7.93. The zero-order chi connectivity index (χ0) is 20.4. The third-order valence-electron chi connectivity index (χ3n) is 5.34. The van der Waals surface area contributed by atoms with Crippen LogP contribution in [0, 0.1) is 24.2 Å². The van der Waals surface area contributed by atoms with Crippen molar-refractivity contribution in [1.82, 2.24) is 10.1 Å². The second-order valence-corrected chi connectivity index (χ2v) is 7.93. The van der Waals surface area contributed by atoms with Gasteiger partial charge in [0, 0.05) is 43.6 Å². The molecule has 1 aliphatic carbocycles. The van der Waals surface area contributed by atoms with Crippen LogP contribution < -0.4 is 0 Å². The average molecular weight is 406 g/mol. The molecule has 1 N–H and O–H groups in total. The quantitative estimate of drug-likeness (QED) is 0.777. The summed E-state index contributed by atoms with van der Waals surface area (Å²) in [5.74, 6) is -0.440. The van der Waals surface area contributed by atoms with E-state index in [1.54, 1.807) is 0 Å². The Kier molecular flexibility index (Phi) is 6.31. The van der Waals surface area contributed by atoms with Crippen LogP contribution in [0.1, 0.15) is 24.3 Å². The first-order valence-electron chi connectivity index (χ1n) is 9.28. The van der Waals surface area contributed by atoms with E-state index in [1.807, 2.05) is 13.0 Å². The van der Waals surface area contributed by atoms with E-state index in [0.717, 1.165) is 63.4 Å². The van der Waals surface area contributed by atoms with Crippen LogP contribution in [-0.2, 0) is 20.8 Å². The summed E-state index contributed by atoms with van der Waals surface area (Å²) < 4.78 is 48.7. The summed E-state index contributed by atoms with van der Waals surface area (Å²) in [6.07, 6.45) is -2.38. The maximum atomic E-state index is 10.6. The number of hydrogen-bond donors (Lipinski definition) is 1. The fraction of sp³-hybridized carbons (Fsp3) is 0.778. The number of rotatable bonds is 6. The van der Waals surface area contributed by atoms with Crippen molar-refractivity contribution in [2.75, 3.05) is 39.5 Å². The van der Waals surface area contributed by atoms with Gasteiger partial charge < -0.3 is 19.1 Å². The largest absolute Gasteiger partial charge is 0.490 e. The Hall–Kier alpha value is -1.65. The number of fused-ring (bicyclic) bond motifs is 1. The van der Waals surface area contributed by atoms with E-state index in [9.17, 15) is 13.2 Å². The van der Waals surface area contributed by atoms with Crippen molar-refractivity contribution in [3.63, 3.8) is 0 Å². The molecule has 0 amide bonds. The number of carboxylic acid groups (broad SMARTS) is 1. The molecule has 7 nitrogen and oxygen atoms in total. The van der Waals surface area contributed by atoms with Crippen molar-refractivity contribution in [3.8, 4) is 0 Å². The molecule has 3 heterocycles. The molecule has 1 aromatic rings. The summed E-state index contributed by atoms with van der Waals surface area (Å²) in [6.45, 7) is 8.46. The van der Waals surface area contributed by atoms with Crippen molar-refractivity contribution in [1.29, 1.82) is 0 Å². The van der Waals surface area contributed by atoms with Gasteiger partial charge in [-0.3, -0.25) is 4.90 Å². The minimum absolute atomic E-state index is 0.202. The van der Waals surface area contributed by atoms with Crippen LogP contribution in [0.3, 0.4) is 0 Å². The van der Waals surface area contributed by atoms with Gasteiger partial charge in [0.05, 0.1) is 25.5 Å². The van der Waals surface area contributed by atoms with Crippen LogP contribution in [0.5, 0.6) is 0 Å². The molecule has 28 heavy (non-hydrogen) atoms. The van der Waals surface area contributed by atoms with Gasteiger partial charge in [-0.05, 0) is 25.7 Å².